The average Bonchev–Trinajstić information content (AvgIpc) is 3.01. The van der Waals surface area contributed by atoms with Gasteiger partial charge in [-0.2, -0.15) is 0 Å². The first-order chi connectivity index (χ1) is 16.9. The van der Waals surface area contributed by atoms with Crippen molar-refractivity contribution in [1.29, 1.82) is 0 Å². The summed E-state index contributed by atoms with van der Waals surface area (Å²) in [6.07, 6.45) is 19.2. The third-order valence-electron chi connectivity index (χ3n) is 8.44. The number of unbranched alkanes of at least 4 members (excludes halogenated alkanes) is 1. The molecule has 0 radical (unpaired) electrons. The topological polar surface area (TPSA) is 57.2 Å². The Morgan fingerprint density at radius 3 is 2.46 bits per heavy atom. The standard InChI is InChI=1S/C30H50O5/c1-7-13-15-17-25-28(31,10-4)19-18-23-24(33-25)21-27-30(12-6,35-23)22-29(11-5,32-20-9-3)26(34-27)16-14-8-2/h7,13,15,17-19,23-27,31H,8-12,14,16,20-22H2,1-6H3/b13-7-,17-15-. The van der Waals surface area contributed by atoms with Gasteiger partial charge in [-0.15, -0.1) is 0 Å². The molecule has 0 bridgehead atoms. The van der Waals surface area contributed by atoms with Crippen LogP contribution in [0.25, 0.3) is 0 Å². The second-order valence-corrected chi connectivity index (χ2v) is 10.6. The molecule has 2 saturated heterocycles. The predicted molar refractivity (Wildman–Crippen MR) is 142 cm³/mol. The van der Waals surface area contributed by atoms with E-state index in [9.17, 15) is 5.11 Å². The first kappa shape index (κ1) is 28.6. The maximum atomic E-state index is 11.4. The van der Waals surface area contributed by atoms with Crippen molar-refractivity contribution in [2.24, 2.45) is 0 Å². The third-order valence-corrected chi connectivity index (χ3v) is 8.44. The Kier molecular flexibility index (Phi) is 10.2. The Hall–Kier alpha value is -0.980. The van der Waals surface area contributed by atoms with Crippen molar-refractivity contribution < 1.29 is 24.1 Å². The minimum absolute atomic E-state index is 0.0538. The highest BCUT2D eigenvalue weighted by Gasteiger charge is 2.60. The molecule has 0 spiro atoms. The van der Waals surface area contributed by atoms with E-state index in [1.165, 1.54) is 0 Å². The van der Waals surface area contributed by atoms with Crippen molar-refractivity contribution in [1.82, 2.24) is 0 Å². The maximum Gasteiger partial charge on any atom is 0.112 e. The zero-order chi connectivity index (χ0) is 25.5. The summed E-state index contributed by atoms with van der Waals surface area (Å²) in [6.45, 7) is 13.5. The van der Waals surface area contributed by atoms with Crippen LogP contribution in [-0.2, 0) is 18.9 Å². The molecule has 8 unspecified atom stereocenters. The van der Waals surface area contributed by atoms with Gasteiger partial charge in [0.25, 0.3) is 0 Å². The van der Waals surface area contributed by atoms with Crippen LogP contribution in [0.3, 0.4) is 0 Å². The summed E-state index contributed by atoms with van der Waals surface area (Å²) in [6, 6.07) is 0. The normalized spacial score (nSPS) is 41.7. The minimum Gasteiger partial charge on any atom is -0.383 e. The van der Waals surface area contributed by atoms with Crippen LogP contribution < -0.4 is 0 Å². The maximum absolute atomic E-state index is 11.4. The van der Waals surface area contributed by atoms with Gasteiger partial charge in [0.05, 0.1) is 29.5 Å². The summed E-state index contributed by atoms with van der Waals surface area (Å²) in [4.78, 5) is 0. The SMILES string of the molecule is C/C=C\C=C/C1OC2CC3OC(CCCC)C(CC)(OCCC)CC3(CC)OC2C=CC1(O)CC. The van der Waals surface area contributed by atoms with E-state index in [4.69, 9.17) is 18.9 Å². The lowest BCUT2D eigenvalue weighted by Crippen LogP contribution is -2.68. The van der Waals surface area contributed by atoms with Gasteiger partial charge in [0, 0.05) is 19.4 Å². The highest BCUT2D eigenvalue weighted by atomic mass is 16.6. The second kappa shape index (κ2) is 12.5. The molecule has 0 aromatic heterocycles. The van der Waals surface area contributed by atoms with Gasteiger partial charge in [-0.1, -0.05) is 83.9 Å². The van der Waals surface area contributed by atoms with Crippen molar-refractivity contribution in [3.8, 4) is 0 Å². The number of hydrogen-bond donors (Lipinski definition) is 1. The van der Waals surface area contributed by atoms with Crippen molar-refractivity contribution >= 4 is 0 Å². The van der Waals surface area contributed by atoms with Crippen LogP contribution in [0.2, 0.25) is 0 Å². The molecule has 0 amide bonds. The quantitative estimate of drug-likeness (QED) is 0.267. The zero-order valence-electron chi connectivity index (χ0n) is 23.0. The van der Waals surface area contributed by atoms with Gasteiger partial charge in [-0.25, -0.2) is 0 Å². The molecule has 1 N–H and O–H groups in total. The molecule has 0 aliphatic carbocycles. The van der Waals surface area contributed by atoms with Crippen LogP contribution in [0.4, 0.5) is 0 Å². The fourth-order valence-electron chi connectivity index (χ4n) is 6.09. The van der Waals surface area contributed by atoms with Gasteiger partial charge in [0.2, 0.25) is 0 Å². The van der Waals surface area contributed by atoms with Crippen LogP contribution in [0.1, 0.15) is 99.3 Å². The molecule has 8 atom stereocenters. The van der Waals surface area contributed by atoms with Crippen molar-refractivity contribution in [3.63, 3.8) is 0 Å². The lowest BCUT2D eigenvalue weighted by molar-refractivity contribution is -0.323. The Morgan fingerprint density at radius 2 is 1.83 bits per heavy atom. The summed E-state index contributed by atoms with van der Waals surface area (Å²) >= 11 is 0. The molecule has 5 nitrogen and oxygen atoms in total. The molecule has 3 aliphatic heterocycles. The molecule has 200 valence electrons. The van der Waals surface area contributed by atoms with Crippen LogP contribution in [0.15, 0.2) is 36.5 Å². The minimum atomic E-state index is -1.06. The fraction of sp³-hybridized carbons (Fsp3) is 0.800. The van der Waals surface area contributed by atoms with E-state index in [1.54, 1.807) is 0 Å². The number of hydrogen-bond acceptors (Lipinski definition) is 5. The average molecular weight is 491 g/mol. The molecule has 0 saturated carbocycles. The lowest BCUT2D eigenvalue weighted by atomic mass is 9.70. The van der Waals surface area contributed by atoms with E-state index in [0.29, 0.717) is 6.42 Å². The number of rotatable bonds is 11. The molecular weight excluding hydrogens is 440 g/mol. The first-order valence-corrected chi connectivity index (χ1v) is 14.2. The molecule has 3 heterocycles. The van der Waals surface area contributed by atoms with Gasteiger partial charge in [0.1, 0.15) is 17.8 Å². The highest BCUT2D eigenvalue weighted by molar-refractivity contribution is 5.20. The van der Waals surface area contributed by atoms with E-state index in [0.717, 1.165) is 58.0 Å². The summed E-state index contributed by atoms with van der Waals surface area (Å²) < 4.78 is 27.1. The van der Waals surface area contributed by atoms with Gasteiger partial charge in [0.15, 0.2) is 0 Å². The molecule has 3 aliphatic rings. The number of allylic oxidation sites excluding steroid dienone is 3. The van der Waals surface area contributed by atoms with Gasteiger partial charge in [-0.3, -0.25) is 0 Å². The second-order valence-electron chi connectivity index (χ2n) is 10.6. The fourth-order valence-corrected chi connectivity index (χ4v) is 6.09. The van der Waals surface area contributed by atoms with Gasteiger partial charge in [-0.05, 0) is 39.0 Å². The number of aliphatic hydroxyl groups is 1. The summed E-state index contributed by atoms with van der Waals surface area (Å²) in [7, 11) is 0. The van der Waals surface area contributed by atoms with Crippen LogP contribution >= 0.6 is 0 Å². The Balaban J connectivity index is 1.93. The predicted octanol–water partition coefficient (Wildman–Crippen LogP) is 6.44. The Morgan fingerprint density at radius 1 is 1.03 bits per heavy atom. The van der Waals surface area contributed by atoms with E-state index < -0.39 is 17.3 Å². The Bertz CT molecular complexity index is 747. The first-order valence-electron chi connectivity index (χ1n) is 14.2. The monoisotopic (exact) mass is 490 g/mol. The van der Waals surface area contributed by atoms with Crippen molar-refractivity contribution in [2.45, 2.75) is 147 Å². The molecule has 2 fully saturated rings. The zero-order valence-corrected chi connectivity index (χ0v) is 23.0. The molecule has 0 aromatic rings. The van der Waals surface area contributed by atoms with E-state index in [-0.39, 0.29) is 30.0 Å². The van der Waals surface area contributed by atoms with Gasteiger partial charge >= 0.3 is 0 Å². The molecule has 35 heavy (non-hydrogen) atoms. The summed E-state index contributed by atoms with van der Waals surface area (Å²) in [5.74, 6) is 0. The smallest absolute Gasteiger partial charge is 0.112 e. The summed E-state index contributed by atoms with van der Waals surface area (Å²) in [5, 5.41) is 11.4. The number of fused-ring (bicyclic) bond motifs is 2. The third kappa shape index (κ3) is 5.96. The molecule has 0 aromatic carbocycles. The number of ether oxygens (including phenoxy) is 4. The van der Waals surface area contributed by atoms with E-state index in [2.05, 4.69) is 27.7 Å². The van der Waals surface area contributed by atoms with Crippen LogP contribution in [-0.4, -0.2) is 59.0 Å². The van der Waals surface area contributed by atoms with E-state index >= 15 is 0 Å². The van der Waals surface area contributed by atoms with Crippen molar-refractivity contribution in [3.05, 3.63) is 36.5 Å². The van der Waals surface area contributed by atoms with Crippen molar-refractivity contribution in [2.75, 3.05) is 6.61 Å². The lowest BCUT2D eigenvalue weighted by Gasteiger charge is -2.58. The summed E-state index contributed by atoms with van der Waals surface area (Å²) in [5.41, 5.74) is -1.82. The molecular formula is C30H50O5. The highest BCUT2D eigenvalue weighted by Crippen LogP contribution is 2.51. The van der Waals surface area contributed by atoms with Gasteiger partial charge < -0.3 is 24.1 Å². The van der Waals surface area contributed by atoms with Crippen LogP contribution in [0, 0.1) is 0 Å². The van der Waals surface area contributed by atoms with E-state index in [1.807, 2.05) is 50.3 Å². The Labute approximate surface area is 213 Å². The molecule has 3 rings (SSSR count). The largest absolute Gasteiger partial charge is 0.383 e. The molecule has 5 heteroatoms. The van der Waals surface area contributed by atoms with Crippen LogP contribution in [0.5, 0.6) is 0 Å².